The molecule has 1 atom stereocenters. The van der Waals surface area contributed by atoms with E-state index in [0.29, 0.717) is 31.6 Å². The molecule has 1 aliphatic heterocycles. The molecule has 0 saturated carbocycles. The van der Waals surface area contributed by atoms with Crippen LogP contribution in [0.1, 0.15) is 35.2 Å². The van der Waals surface area contributed by atoms with Gasteiger partial charge in [-0.25, -0.2) is 4.79 Å². The topological polar surface area (TPSA) is 113 Å². The number of rotatable bonds is 6. The van der Waals surface area contributed by atoms with Crippen molar-refractivity contribution in [3.8, 4) is 0 Å². The Bertz CT molecular complexity index is 885. The maximum Gasteiger partial charge on any atom is 0.326 e. The first-order chi connectivity index (χ1) is 13.5. The number of hydrogen-bond donors (Lipinski definition) is 2. The number of piperidine rings is 1. The Kier molecular flexibility index (Phi) is 5.88. The quantitative estimate of drug-likeness (QED) is 0.585. The minimum Gasteiger partial charge on any atom is -0.480 e. The molecule has 146 valence electrons. The van der Waals surface area contributed by atoms with Crippen molar-refractivity contribution in [3.05, 3.63) is 69.8 Å². The molecule has 1 saturated heterocycles. The molecule has 2 aromatic rings. The van der Waals surface area contributed by atoms with Crippen molar-refractivity contribution in [2.45, 2.75) is 31.8 Å². The van der Waals surface area contributed by atoms with Crippen LogP contribution in [0.5, 0.6) is 0 Å². The fraction of sp³-hybridized carbons (Fsp3) is 0.300. The van der Waals surface area contributed by atoms with Crippen LogP contribution in [-0.2, 0) is 11.3 Å². The molecular formula is C20H21N3O5. The molecule has 1 fully saturated rings. The minimum atomic E-state index is -1.05. The zero-order valence-corrected chi connectivity index (χ0v) is 15.2. The molecular weight excluding hydrogens is 362 g/mol. The Morgan fingerprint density at radius 1 is 1.18 bits per heavy atom. The molecule has 0 radical (unpaired) electrons. The Morgan fingerprint density at radius 2 is 1.93 bits per heavy atom. The Balaban J connectivity index is 1.82. The summed E-state index contributed by atoms with van der Waals surface area (Å²) >= 11 is 0. The van der Waals surface area contributed by atoms with Crippen LogP contribution in [0.25, 0.3) is 0 Å². The predicted molar refractivity (Wildman–Crippen MR) is 103 cm³/mol. The summed E-state index contributed by atoms with van der Waals surface area (Å²) in [4.78, 5) is 36.5. The van der Waals surface area contributed by atoms with Crippen LogP contribution < -0.4 is 5.32 Å². The van der Waals surface area contributed by atoms with Gasteiger partial charge in [-0.3, -0.25) is 14.9 Å². The second-order valence-corrected chi connectivity index (χ2v) is 6.68. The van der Waals surface area contributed by atoms with Crippen molar-refractivity contribution in [1.29, 1.82) is 0 Å². The van der Waals surface area contributed by atoms with Crippen molar-refractivity contribution in [1.82, 2.24) is 4.90 Å². The monoisotopic (exact) mass is 383 g/mol. The van der Waals surface area contributed by atoms with Crippen molar-refractivity contribution >= 4 is 23.3 Å². The number of carbonyl (C=O) groups excluding carboxylic acids is 1. The van der Waals surface area contributed by atoms with Crippen LogP contribution in [0.2, 0.25) is 0 Å². The number of carbonyl (C=O) groups is 2. The second kappa shape index (κ2) is 8.51. The molecule has 0 aliphatic carbocycles. The van der Waals surface area contributed by atoms with Crippen molar-refractivity contribution < 1.29 is 19.6 Å². The summed E-state index contributed by atoms with van der Waals surface area (Å²) in [6.45, 7) is 0.736. The number of carboxylic acid groups (broad SMARTS) is 1. The lowest BCUT2D eigenvalue weighted by Crippen LogP contribution is -2.48. The number of benzene rings is 2. The van der Waals surface area contributed by atoms with Crippen LogP contribution in [-0.4, -0.2) is 39.4 Å². The van der Waals surface area contributed by atoms with Gasteiger partial charge in [0.15, 0.2) is 0 Å². The van der Waals surface area contributed by atoms with Gasteiger partial charge >= 0.3 is 5.97 Å². The first kappa shape index (κ1) is 19.3. The van der Waals surface area contributed by atoms with E-state index in [1.807, 2.05) is 30.3 Å². The molecule has 8 nitrogen and oxygen atoms in total. The molecule has 3 rings (SSSR count). The van der Waals surface area contributed by atoms with Crippen LogP contribution >= 0.6 is 0 Å². The third-order valence-electron chi connectivity index (χ3n) is 4.82. The number of hydrogen-bond acceptors (Lipinski definition) is 5. The standard InChI is InChI=1S/C20H21N3O5/c24-19(22-11-5-4-8-17(22)20(25)26)15-9-10-16(18(12-15)23(27)28)21-13-14-6-2-1-3-7-14/h1-3,6-7,9-10,12,17,21H,4-5,8,11,13H2,(H,25,26). The lowest BCUT2D eigenvalue weighted by Gasteiger charge is -2.33. The summed E-state index contributed by atoms with van der Waals surface area (Å²) in [5, 5.41) is 23.9. The van der Waals surface area contributed by atoms with Crippen LogP contribution in [0, 0.1) is 10.1 Å². The summed E-state index contributed by atoms with van der Waals surface area (Å²) in [7, 11) is 0. The van der Waals surface area contributed by atoms with E-state index in [0.717, 1.165) is 12.0 Å². The largest absolute Gasteiger partial charge is 0.480 e. The van der Waals surface area contributed by atoms with Crippen molar-refractivity contribution in [2.75, 3.05) is 11.9 Å². The highest BCUT2D eigenvalue weighted by Crippen LogP contribution is 2.28. The molecule has 8 heteroatoms. The Morgan fingerprint density at radius 3 is 2.61 bits per heavy atom. The van der Waals surface area contributed by atoms with Gasteiger partial charge in [0.05, 0.1) is 4.92 Å². The predicted octanol–water partition coefficient (Wildman–Crippen LogP) is 3.29. The number of amides is 1. The van der Waals surface area contributed by atoms with Gasteiger partial charge in [-0.2, -0.15) is 0 Å². The van der Waals surface area contributed by atoms with E-state index in [2.05, 4.69) is 5.32 Å². The molecule has 0 aromatic heterocycles. The fourth-order valence-electron chi connectivity index (χ4n) is 3.36. The average Bonchev–Trinajstić information content (AvgIpc) is 2.72. The summed E-state index contributed by atoms with van der Waals surface area (Å²) < 4.78 is 0. The lowest BCUT2D eigenvalue weighted by molar-refractivity contribution is -0.384. The number of nitrogens with zero attached hydrogens (tertiary/aromatic N) is 2. The molecule has 28 heavy (non-hydrogen) atoms. The highest BCUT2D eigenvalue weighted by molar-refractivity contribution is 5.98. The van der Waals surface area contributed by atoms with Crippen LogP contribution in [0.3, 0.4) is 0 Å². The molecule has 1 aliphatic rings. The first-order valence-electron chi connectivity index (χ1n) is 9.07. The maximum atomic E-state index is 12.8. The molecule has 1 unspecified atom stereocenters. The highest BCUT2D eigenvalue weighted by Gasteiger charge is 2.33. The van der Waals surface area contributed by atoms with Gasteiger partial charge in [0.1, 0.15) is 11.7 Å². The smallest absolute Gasteiger partial charge is 0.326 e. The normalized spacial score (nSPS) is 16.4. The van der Waals surface area contributed by atoms with Crippen molar-refractivity contribution in [3.63, 3.8) is 0 Å². The van der Waals surface area contributed by atoms with Gasteiger partial charge in [0, 0.05) is 24.7 Å². The highest BCUT2D eigenvalue weighted by atomic mass is 16.6. The summed E-state index contributed by atoms with van der Waals surface area (Å²) in [6, 6.07) is 12.8. The molecule has 1 amide bonds. The number of carboxylic acids is 1. The van der Waals surface area contributed by atoms with Gasteiger partial charge in [0.25, 0.3) is 11.6 Å². The average molecular weight is 383 g/mol. The number of nitrogens with one attached hydrogen (secondary N) is 1. The van der Waals surface area contributed by atoms with E-state index in [1.165, 1.54) is 23.1 Å². The van der Waals surface area contributed by atoms with Gasteiger partial charge < -0.3 is 15.3 Å². The van der Waals surface area contributed by atoms with E-state index < -0.39 is 22.8 Å². The van der Waals surface area contributed by atoms with E-state index in [9.17, 15) is 24.8 Å². The third kappa shape index (κ3) is 4.28. The molecule has 1 heterocycles. The van der Waals surface area contributed by atoms with Gasteiger partial charge in [-0.1, -0.05) is 30.3 Å². The number of nitro groups is 1. The molecule has 0 spiro atoms. The van der Waals surface area contributed by atoms with Crippen LogP contribution in [0.4, 0.5) is 11.4 Å². The Labute approximate surface area is 161 Å². The van der Waals surface area contributed by atoms with Gasteiger partial charge in [-0.05, 0) is 37.0 Å². The van der Waals surface area contributed by atoms with Crippen LogP contribution in [0.15, 0.2) is 48.5 Å². The van der Waals surface area contributed by atoms with E-state index >= 15 is 0 Å². The van der Waals surface area contributed by atoms with Gasteiger partial charge in [-0.15, -0.1) is 0 Å². The zero-order chi connectivity index (χ0) is 20.1. The fourth-order valence-corrected chi connectivity index (χ4v) is 3.36. The Hall–Kier alpha value is -3.42. The number of anilines is 1. The van der Waals surface area contributed by atoms with Crippen molar-refractivity contribution in [2.24, 2.45) is 0 Å². The minimum absolute atomic E-state index is 0.116. The summed E-state index contributed by atoms with van der Waals surface area (Å²) in [6.07, 6.45) is 1.84. The van der Waals surface area contributed by atoms with E-state index in [1.54, 1.807) is 0 Å². The zero-order valence-electron chi connectivity index (χ0n) is 15.2. The molecule has 0 bridgehead atoms. The second-order valence-electron chi connectivity index (χ2n) is 6.68. The number of likely N-dealkylation sites (tertiary alicyclic amines) is 1. The van der Waals surface area contributed by atoms with Gasteiger partial charge in [0.2, 0.25) is 0 Å². The number of aliphatic carboxylic acids is 1. The lowest BCUT2D eigenvalue weighted by atomic mass is 10.0. The summed E-state index contributed by atoms with van der Waals surface area (Å²) in [5.74, 6) is -1.55. The van der Waals surface area contributed by atoms with E-state index in [-0.39, 0.29) is 11.3 Å². The maximum absolute atomic E-state index is 12.8. The molecule has 2 N–H and O–H groups in total. The first-order valence-corrected chi connectivity index (χ1v) is 9.07. The van der Waals surface area contributed by atoms with E-state index in [4.69, 9.17) is 0 Å². The SMILES string of the molecule is O=C(O)C1CCCCN1C(=O)c1ccc(NCc2ccccc2)c([N+](=O)[O-])c1. The number of nitro benzene ring substituents is 1. The third-order valence-corrected chi connectivity index (χ3v) is 4.82. The summed E-state index contributed by atoms with van der Waals surface area (Å²) in [5.41, 5.74) is 1.17. The molecule has 2 aromatic carbocycles.